The molecule has 322 valence electrons. The van der Waals surface area contributed by atoms with E-state index >= 15 is 0 Å². The molecule has 7 rings (SSSR count). The highest BCUT2D eigenvalue weighted by Gasteiger charge is 2.54. The lowest BCUT2D eigenvalue weighted by molar-refractivity contribution is -0.111. The van der Waals surface area contributed by atoms with E-state index in [1.54, 1.807) is 19.5 Å². The highest BCUT2D eigenvalue weighted by Crippen LogP contribution is 2.52. The molecule has 0 bridgehead atoms. The van der Waals surface area contributed by atoms with Gasteiger partial charge in [0.1, 0.15) is 23.6 Å². The predicted octanol–water partition coefficient (Wildman–Crippen LogP) is 10.8. The minimum atomic E-state index is -0.168. The first-order valence-corrected chi connectivity index (χ1v) is 21.2. The smallest absolute Gasteiger partial charge is 0.211 e. The monoisotopic (exact) mass is 804 g/mol. The van der Waals surface area contributed by atoms with Gasteiger partial charge in [-0.3, -0.25) is 14.7 Å². The van der Waals surface area contributed by atoms with Crippen molar-refractivity contribution in [3.05, 3.63) is 73.1 Å². The maximum atomic E-state index is 10.2. The molecule has 2 aromatic heterocycles. The van der Waals surface area contributed by atoms with Gasteiger partial charge in [-0.1, -0.05) is 93.4 Å². The molecule has 1 saturated heterocycles. The molecule has 2 aromatic carbocycles. The summed E-state index contributed by atoms with van der Waals surface area (Å²) in [5.74, 6) is 3.39. The molecule has 4 aromatic rings. The second kappa shape index (κ2) is 28.6. The second-order valence-corrected chi connectivity index (χ2v) is 14.2. The number of pyridine rings is 2. The van der Waals surface area contributed by atoms with E-state index in [4.69, 9.17) is 14.2 Å². The van der Waals surface area contributed by atoms with Crippen LogP contribution in [0, 0.1) is 10.8 Å². The SMILES string of the molecule is CC.CC.CC1(C=O)CC1.CCC.CCC.CNc1ccc(Oc2ccnc3cc(OCCCN4CC(O)C5(CC5)C4)c(OC)cc23)cn1.O=CNc1ccccc1. The number of benzene rings is 2. The van der Waals surface area contributed by atoms with Crippen molar-refractivity contribution >= 4 is 35.1 Å². The van der Waals surface area contributed by atoms with Crippen LogP contribution in [0.5, 0.6) is 23.0 Å². The first-order valence-electron chi connectivity index (χ1n) is 21.2. The Bertz CT molecular complexity index is 1680. The number of aliphatic hydroxyl groups excluding tert-OH is 1. The predicted molar refractivity (Wildman–Crippen MR) is 241 cm³/mol. The van der Waals surface area contributed by atoms with Crippen LogP contribution >= 0.6 is 0 Å². The Hall–Kier alpha value is -4.74. The van der Waals surface area contributed by atoms with Crippen molar-refractivity contribution < 1.29 is 28.9 Å². The summed E-state index contributed by atoms with van der Waals surface area (Å²) in [5, 5.41) is 16.6. The van der Waals surface area contributed by atoms with E-state index in [0.717, 1.165) is 80.4 Å². The highest BCUT2D eigenvalue weighted by molar-refractivity contribution is 5.88. The summed E-state index contributed by atoms with van der Waals surface area (Å²) in [6.45, 7) is 21.8. The second-order valence-electron chi connectivity index (χ2n) is 14.2. The third kappa shape index (κ3) is 17.8. The van der Waals surface area contributed by atoms with Crippen LogP contribution in [0.2, 0.25) is 0 Å². The van der Waals surface area contributed by atoms with E-state index in [0.29, 0.717) is 36.0 Å². The number of methoxy groups -OCH3 is 1. The lowest BCUT2D eigenvalue weighted by Gasteiger charge is -2.17. The normalized spacial score (nSPS) is 15.7. The van der Waals surface area contributed by atoms with Gasteiger partial charge in [0.2, 0.25) is 6.41 Å². The number of ether oxygens (including phenoxy) is 3. The minimum Gasteiger partial charge on any atom is -0.493 e. The van der Waals surface area contributed by atoms with Gasteiger partial charge in [0.25, 0.3) is 0 Å². The Balaban J connectivity index is 0.000000547. The van der Waals surface area contributed by atoms with Crippen LogP contribution in [0.4, 0.5) is 11.5 Å². The Morgan fingerprint density at radius 1 is 0.879 bits per heavy atom. The fourth-order valence-electron chi connectivity index (χ4n) is 5.47. The third-order valence-electron chi connectivity index (χ3n) is 8.97. The van der Waals surface area contributed by atoms with Crippen molar-refractivity contribution in [2.45, 2.75) is 113 Å². The number of hydrogen-bond acceptors (Lipinski definition) is 10. The number of anilines is 2. The molecular formula is C47H73N5O6. The molecule has 3 aliphatic rings. The lowest BCUT2D eigenvalue weighted by Crippen LogP contribution is -2.24. The maximum Gasteiger partial charge on any atom is 0.211 e. The number of carbonyl (C=O) groups excluding carboxylic acids is 2. The maximum absolute atomic E-state index is 10.2. The molecule has 0 radical (unpaired) electrons. The molecule has 2 aliphatic carbocycles. The van der Waals surface area contributed by atoms with Gasteiger partial charge in [-0.2, -0.15) is 0 Å². The summed E-state index contributed by atoms with van der Waals surface area (Å²) in [5.41, 5.74) is 1.90. The van der Waals surface area contributed by atoms with Crippen LogP contribution in [-0.4, -0.2) is 79.2 Å². The first kappa shape index (κ1) is 51.3. The van der Waals surface area contributed by atoms with E-state index in [2.05, 4.69) is 53.2 Å². The van der Waals surface area contributed by atoms with Crippen molar-refractivity contribution in [1.29, 1.82) is 0 Å². The van der Waals surface area contributed by atoms with Crippen LogP contribution in [0.1, 0.15) is 107 Å². The Morgan fingerprint density at radius 2 is 1.53 bits per heavy atom. The Kier molecular flexibility index (Phi) is 25.3. The molecule has 2 saturated carbocycles. The number of carbonyl (C=O) groups is 2. The Labute approximate surface area is 349 Å². The molecule has 58 heavy (non-hydrogen) atoms. The summed E-state index contributed by atoms with van der Waals surface area (Å²) in [7, 11) is 3.46. The number of nitrogens with zero attached hydrogens (tertiary/aromatic N) is 3. The summed E-state index contributed by atoms with van der Waals surface area (Å²) >= 11 is 0. The van der Waals surface area contributed by atoms with Crippen LogP contribution in [0.3, 0.4) is 0 Å². The van der Waals surface area contributed by atoms with Crippen molar-refractivity contribution in [1.82, 2.24) is 14.9 Å². The largest absolute Gasteiger partial charge is 0.493 e. The summed E-state index contributed by atoms with van der Waals surface area (Å²) in [4.78, 5) is 30.9. The highest BCUT2D eigenvalue weighted by atomic mass is 16.5. The number of para-hydroxylation sites is 1. The number of nitrogens with one attached hydrogen (secondary N) is 2. The number of aldehydes is 1. The average Bonchev–Trinajstić information content (AvgIpc) is 4.18. The van der Waals surface area contributed by atoms with E-state index in [1.807, 2.05) is 102 Å². The van der Waals surface area contributed by atoms with Crippen molar-refractivity contribution in [3.8, 4) is 23.0 Å². The van der Waals surface area contributed by atoms with Gasteiger partial charge in [0.15, 0.2) is 11.5 Å². The van der Waals surface area contributed by atoms with Crippen molar-refractivity contribution in [2.24, 2.45) is 10.8 Å². The lowest BCUT2D eigenvalue weighted by atomic mass is 10.0. The number of hydrogen-bond donors (Lipinski definition) is 3. The number of aromatic nitrogens is 2. The van der Waals surface area contributed by atoms with E-state index in [9.17, 15) is 14.7 Å². The van der Waals surface area contributed by atoms with Crippen molar-refractivity contribution in [3.63, 3.8) is 0 Å². The summed E-state index contributed by atoms with van der Waals surface area (Å²) < 4.78 is 17.7. The average molecular weight is 804 g/mol. The number of β-amino-alcohol motifs (C(OH)–C–C–N with tert-alkyl or cyclic N) is 1. The van der Waals surface area contributed by atoms with Gasteiger partial charge < -0.3 is 34.7 Å². The molecule has 3 heterocycles. The van der Waals surface area contributed by atoms with Crippen LogP contribution in [0.25, 0.3) is 10.9 Å². The number of fused-ring (bicyclic) bond motifs is 1. The fourth-order valence-corrected chi connectivity index (χ4v) is 5.47. The molecular weight excluding hydrogens is 731 g/mol. The molecule has 1 amide bonds. The standard InChI is InChI=1S/C25H30N4O4.C7H7NO.C5H8O.2C3H8.2C2H6/c1-26-24-5-4-17(14-28-24)33-20-6-9-27-19-13-22(21(31-2)12-18(19)20)32-11-3-10-29-15-23(30)25(16-29)7-8-25;9-6-8-7-4-2-1-3-5-7;1-5(4-6)2-3-5;2*1-3-2;2*1-2/h4-6,9,12-14,23,30H,3,7-8,10-11,15-16H2,1-2H3,(H,26,28);1-6H,(H,8,9);4H,2-3H2,1H3;2*3H2,1-2H3;2*1-2H3. The zero-order chi connectivity index (χ0) is 43.4. The van der Waals surface area contributed by atoms with Crippen LogP contribution < -0.4 is 24.8 Å². The van der Waals surface area contributed by atoms with Gasteiger partial charge in [-0.25, -0.2) is 4.98 Å². The quantitative estimate of drug-likeness (QED) is 0.0938. The summed E-state index contributed by atoms with van der Waals surface area (Å²) in [6.07, 6.45) is 12.9. The zero-order valence-corrected chi connectivity index (χ0v) is 37.3. The number of likely N-dealkylation sites (tertiary alicyclic amines) is 1. The first-order chi connectivity index (χ1) is 28.1. The van der Waals surface area contributed by atoms with Crippen LogP contribution in [-0.2, 0) is 9.59 Å². The Morgan fingerprint density at radius 3 is 2.02 bits per heavy atom. The van der Waals surface area contributed by atoms with Gasteiger partial charge in [0.05, 0.1) is 31.5 Å². The summed E-state index contributed by atoms with van der Waals surface area (Å²) in [6, 6.07) is 18.6. The molecule has 11 nitrogen and oxygen atoms in total. The molecule has 1 spiro atoms. The topological polar surface area (TPSA) is 135 Å². The molecule has 1 atom stereocenters. The molecule has 3 fully saturated rings. The molecule has 1 unspecified atom stereocenters. The number of amides is 1. The third-order valence-corrected chi connectivity index (χ3v) is 8.97. The fraction of sp³-hybridized carbons (Fsp3) is 0.532. The van der Waals surface area contributed by atoms with E-state index in [1.165, 1.54) is 12.8 Å². The van der Waals surface area contributed by atoms with Crippen LogP contribution in [0.15, 0.2) is 73.1 Å². The van der Waals surface area contributed by atoms with Gasteiger partial charge >= 0.3 is 0 Å². The van der Waals surface area contributed by atoms with Gasteiger partial charge in [-0.05, 0) is 68.5 Å². The van der Waals surface area contributed by atoms with E-state index in [-0.39, 0.29) is 16.9 Å². The zero-order valence-electron chi connectivity index (χ0n) is 37.3. The van der Waals surface area contributed by atoms with E-state index < -0.39 is 0 Å². The molecule has 1 aliphatic heterocycles. The minimum absolute atomic E-state index is 0.111. The van der Waals surface area contributed by atoms with Crippen molar-refractivity contribution in [2.75, 3.05) is 51.0 Å². The van der Waals surface area contributed by atoms with Gasteiger partial charge in [0, 0.05) is 60.8 Å². The number of rotatable bonds is 12. The number of aliphatic hydroxyl groups is 1. The van der Waals surface area contributed by atoms with Gasteiger partial charge in [-0.15, -0.1) is 0 Å². The molecule has 3 N–H and O–H groups in total. The molecule has 11 heteroatoms.